The number of carbonyl (C=O) groups excluding carboxylic acids is 1. The number of benzene rings is 1. The Morgan fingerprint density at radius 1 is 1.35 bits per heavy atom. The number of phenolic OH excluding ortho intramolecular Hbond substituents is 1. The predicted molar refractivity (Wildman–Crippen MR) is 81.8 cm³/mol. The van der Waals surface area contributed by atoms with Crippen LogP contribution < -0.4 is 0 Å². The highest BCUT2D eigenvalue weighted by Crippen LogP contribution is 2.29. The van der Waals surface area contributed by atoms with Gasteiger partial charge in [0.1, 0.15) is 5.75 Å². The second-order valence-corrected chi connectivity index (χ2v) is 5.50. The van der Waals surface area contributed by atoms with Crippen LogP contribution in [0.25, 0.3) is 0 Å². The molecular formula is C16H26N2O2. The number of hydrogen-bond acceptors (Lipinski definition) is 3. The fourth-order valence-electron chi connectivity index (χ4n) is 2.22. The first-order valence-corrected chi connectivity index (χ1v) is 7.10. The van der Waals surface area contributed by atoms with Crippen LogP contribution >= 0.6 is 0 Å². The molecule has 1 rings (SSSR count). The highest BCUT2D eigenvalue weighted by molar-refractivity contribution is 5.77. The minimum absolute atomic E-state index is 0.0127. The highest BCUT2D eigenvalue weighted by atomic mass is 16.3. The van der Waals surface area contributed by atoms with Gasteiger partial charge in [0, 0.05) is 25.7 Å². The molecule has 0 saturated carbocycles. The van der Waals surface area contributed by atoms with Crippen LogP contribution in [0.2, 0.25) is 0 Å². The van der Waals surface area contributed by atoms with E-state index >= 15 is 0 Å². The number of carbonyl (C=O) groups is 1. The maximum absolute atomic E-state index is 11.9. The van der Waals surface area contributed by atoms with E-state index < -0.39 is 0 Å². The summed E-state index contributed by atoms with van der Waals surface area (Å²) in [4.78, 5) is 15.6. The Morgan fingerprint density at radius 2 is 2.00 bits per heavy atom. The summed E-state index contributed by atoms with van der Waals surface area (Å²) in [6.45, 7) is 7.33. The van der Waals surface area contributed by atoms with E-state index in [0.29, 0.717) is 12.3 Å². The van der Waals surface area contributed by atoms with Gasteiger partial charge in [-0.15, -0.1) is 0 Å². The molecule has 4 heteroatoms. The molecule has 1 N–H and O–H groups in total. The lowest BCUT2D eigenvalue weighted by molar-refractivity contribution is -0.130. The first-order valence-electron chi connectivity index (χ1n) is 7.10. The van der Waals surface area contributed by atoms with Crippen LogP contribution in [-0.4, -0.2) is 48.0 Å². The van der Waals surface area contributed by atoms with Crippen molar-refractivity contribution in [3.8, 4) is 5.75 Å². The second-order valence-electron chi connectivity index (χ2n) is 5.50. The Balaban J connectivity index is 2.95. The number of nitrogens with zero attached hydrogens (tertiary/aromatic N) is 2. The molecule has 0 saturated heterocycles. The average Bonchev–Trinajstić information content (AvgIpc) is 2.40. The molecule has 0 bridgehead atoms. The van der Waals surface area contributed by atoms with E-state index in [1.165, 1.54) is 0 Å². The van der Waals surface area contributed by atoms with Crippen LogP contribution in [-0.2, 0) is 4.79 Å². The van der Waals surface area contributed by atoms with Gasteiger partial charge in [0.2, 0.25) is 5.91 Å². The first kappa shape index (κ1) is 16.5. The number of rotatable bonds is 6. The number of aromatic hydroxyl groups is 1. The summed E-state index contributed by atoms with van der Waals surface area (Å²) in [5, 5.41) is 10.0. The molecule has 0 aliphatic carbocycles. The first-order chi connectivity index (χ1) is 9.36. The molecule has 0 radical (unpaired) electrons. The number of amides is 1. The Morgan fingerprint density at radius 3 is 2.55 bits per heavy atom. The van der Waals surface area contributed by atoms with Crippen molar-refractivity contribution in [1.82, 2.24) is 9.80 Å². The van der Waals surface area contributed by atoms with Crippen molar-refractivity contribution in [2.45, 2.75) is 33.2 Å². The summed E-state index contributed by atoms with van der Waals surface area (Å²) in [7, 11) is 3.53. The SMILES string of the molecule is CCCN(CC(=O)N(C)C)C(C)c1cc(C)ccc1O. The van der Waals surface area contributed by atoms with Crippen LogP contribution in [0.5, 0.6) is 5.75 Å². The van der Waals surface area contributed by atoms with Gasteiger partial charge in [0.05, 0.1) is 6.54 Å². The zero-order valence-electron chi connectivity index (χ0n) is 13.2. The summed E-state index contributed by atoms with van der Waals surface area (Å²) < 4.78 is 0. The molecule has 0 heterocycles. The van der Waals surface area contributed by atoms with Gasteiger partial charge in [-0.3, -0.25) is 9.69 Å². The molecule has 0 aliphatic rings. The molecule has 4 nitrogen and oxygen atoms in total. The lowest BCUT2D eigenvalue weighted by Gasteiger charge is -2.30. The quantitative estimate of drug-likeness (QED) is 0.869. The summed E-state index contributed by atoms with van der Waals surface area (Å²) in [6, 6.07) is 5.61. The summed E-state index contributed by atoms with van der Waals surface area (Å²) in [5.74, 6) is 0.374. The van der Waals surface area contributed by atoms with E-state index in [1.807, 2.05) is 26.0 Å². The summed E-state index contributed by atoms with van der Waals surface area (Å²) in [5.41, 5.74) is 1.99. The fraction of sp³-hybridized carbons (Fsp3) is 0.562. The van der Waals surface area contributed by atoms with Crippen molar-refractivity contribution in [3.05, 3.63) is 29.3 Å². The molecule has 0 spiro atoms. The molecule has 0 fully saturated rings. The molecular weight excluding hydrogens is 252 g/mol. The van der Waals surface area contributed by atoms with Crippen molar-refractivity contribution in [2.75, 3.05) is 27.2 Å². The van der Waals surface area contributed by atoms with Gasteiger partial charge < -0.3 is 10.0 Å². The van der Waals surface area contributed by atoms with Crippen LogP contribution in [0.3, 0.4) is 0 Å². The van der Waals surface area contributed by atoms with Gasteiger partial charge in [-0.25, -0.2) is 0 Å². The van der Waals surface area contributed by atoms with Gasteiger partial charge in [0.25, 0.3) is 0 Å². The number of likely N-dealkylation sites (N-methyl/N-ethyl adjacent to an activating group) is 1. The highest BCUT2D eigenvalue weighted by Gasteiger charge is 2.21. The van der Waals surface area contributed by atoms with Gasteiger partial charge in [-0.2, -0.15) is 0 Å². The van der Waals surface area contributed by atoms with Gasteiger partial charge in [-0.05, 0) is 32.9 Å². The van der Waals surface area contributed by atoms with Crippen molar-refractivity contribution < 1.29 is 9.90 Å². The number of phenols is 1. The molecule has 1 aromatic carbocycles. The third-order valence-corrected chi connectivity index (χ3v) is 3.53. The average molecular weight is 278 g/mol. The standard InChI is InChI=1S/C16H26N2O2/c1-6-9-18(11-16(20)17(4)5)13(3)14-10-12(2)7-8-15(14)19/h7-8,10,13,19H,6,9,11H2,1-5H3. The van der Waals surface area contributed by atoms with Crippen LogP contribution in [0, 0.1) is 6.92 Å². The monoisotopic (exact) mass is 278 g/mol. The minimum atomic E-state index is 0.0127. The van der Waals surface area contributed by atoms with E-state index in [2.05, 4.69) is 11.8 Å². The Hall–Kier alpha value is -1.55. The van der Waals surface area contributed by atoms with Crippen molar-refractivity contribution in [3.63, 3.8) is 0 Å². The van der Waals surface area contributed by atoms with Gasteiger partial charge >= 0.3 is 0 Å². The van der Waals surface area contributed by atoms with E-state index in [4.69, 9.17) is 0 Å². The molecule has 0 aromatic heterocycles. The lowest BCUT2D eigenvalue weighted by Crippen LogP contribution is -2.38. The van der Waals surface area contributed by atoms with Gasteiger partial charge in [0.15, 0.2) is 0 Å². The Kier molecular flexibility index (Phi) is 6.02. The molecule has 0 aliphatic heterocycles. The van der Waals surface area contributed by atoms with Crippen molar-refractivity contribution in [1.29, 1.82) is 0 Å². The molecule has 20 heavy (non-hydrogen) atoms. The topological polar surface area (TPSA) is 43.8 Å². The molecule has 1 amide bonds. The fourth-order valence-corrected chi connectivity index (χ4v) is 2.22. The smallest absolute Gasteiger partial charge is 0.236 e. The molecule has 112 valence electrons. The van der Waals surface area contributed by atoms with Crippen LogP contribution in [0.15, 0.2) is 18.2 Å². The third-order valence-electron chi connectivity index (χ3n) is 3.53. The zero-order valence-corrected chi connectivity index (χ0v) is 13.2. The van der Waals surface area contributed by atoms with Crippen molar-refractivity contribution >= 4 is 5.91 Å². The van der Waals surface area contributed by atoms with Gasteiger partial charge in [-0.1, -0.05) is 24.6 Å². The third kappa shape index (κ3) is 4.23. The maximum atomic E-state index is 11.9. The van der Waals surface area contributed by atoms with Crippen LogP contribution in [0.4, 0.5) is 0 Å². The maximum Gasteiger partial charge on any atom is 0.236 e. The predicted octanol–water partition coefficient (Wildman–Crippen LogP) is 2.56. The molecule has 1 atom stereocenters. The number of aryl methyl sites for hydroxylation is 1. The number of hydrogen-bond donors (Lipinski definition) is 1. The van der Waals surface area contributed by atoms with Crippen LogP contribution in [0.1, 0.15) is 37.4 Å². The largest absolute Gasteiger partial charge is 0.508 e. The zero-order chi connectivity index (χ0) is 15.3. The Bertz CT molecular complexity index is 458. The molecule has 1 unspecified atom stereocenters. The summed E-state index contributed by atoms with van der Waals surface area (Å²) in [6.07, 6.45) is 0.970. The summed E-state index contributed by atoms with van der Waals surface area (Å²) >= 11 is 0. The normalized spacial score (nSPS) is 12.5. The van der Waals surface area contributed by atoms with E-state index in [-0.39, 0.29) is 11.9 Å². The van der Waals surface area contributed by atoms with E-state index in [9.17, 15) is 9.90 Å². The minimum Gasteiger partial charge on any atom is -0.508 e. The lowest BCUT2D eigenvalue weighted by atomic mass is 10.0. The van der Waals surface area contributed by atoms with Crippen molar-refractivity contribution in [2.24, 2.45) is 0 Å². The van der Waals surface area contributed by atoms with E-state index in [1.54, 1.807) is 25.1 Å². The van der Waals surface area contributed by atoms with E-state index in [0.717, 1.165) is 24.1 Å². The Labute approximate surface area is 122 Å². The molecule has 1 aromatic rings. The second kappa shape index (κ2) is 7.29.